The topological polar surface area (TPSA) is 32.7 Å². The maximum absolute atomic E-state index is 10.4. The van der Waals surface area contributed by atoms with E-state index < -0.39 is 6.10 Å². The lowest BCUT2D eigenvalue weighted by Crippen LogP contribution is -2.09. The second-order valence-corrected chi connectivity index (χ2v) is 6.02. The Balaban J connectivity index is 2.15. The predicted octanol–water partition coefficient (Wildman–Crippen LogP) is 3.80. The van der Waals surface area contributed by atoms with Gasteiger partial charge in [0.25, 0.3) is 0 Å². The molecule has 1 unspecified atom stereocenters. The summed E-state index contributed by atoms with van der Waals surface area (Å²) >= 11 is 3.52. The molecular formula is C17H20BrNO2. The van der Waals surface area contributed by atoms with E-state index in [1.165, 1.54) is 0 Å². The molecule has 0 aromatic heterocycles. The van der Waals surface area contributed by atoms with E-state index in [0.717, 1.165) is 27.0 Å². The molecule has 21 heavy (non-hydrogen) atoms. The molecule has 0 bridgehead atoms. The smallest absolute Gasteiger partial charge is 0.119 e. The summed E-state index contributed by atoms with van der Waals surface area (Å²) in [5.74, 6) is 0.795. The van der Waals surface area contributed by atoms with Gasteiger partial charge in [0, 0.05) is 30.7 Å². The van der Waals surface area contributed by atoms with Crippen molar-refractivity contribution in [2.45, 2.75) is 12.5 Å². The minimum Gasteiger partial charge on any atom is -0.497 e. The highest BCUT2D eigenvalue weighted by Gasteiger charge is 2.12. The number of methoxy groups -OCH3 is 1. The summed E-state index contributed by atoms with van der Waals surface area (Å²) in [5, 5.41) is 10.4. The lowest BCUT2D eigenvalue weighted by atomic mass is 10.0. The molecule has 0 aliphatic rings. The van der Waals surface area contributed by atoms with Crippen molar-refractivity contribution in [1.29, 1.82) is 0 Å². The standard InChI is InChI=1S/C17H20BrNO2/c1-19(2)14-6-4-12(5-7-14)17(20)11-13-10-15(21-3)8-9-16(13)18/h4-10,17,20H,11H2,1-3H3. The number of aliphatic hydroxyl groups excluding tert-OH is 1. The molecule has 0 fully saturated rings. The Morgan fingerprint density at radius 1 is 1.14 bits per heavy atom. The summed E-state index contributed by atoms with van der Waals surface area (Å²) in [4.78, 5) is 2.04. The first-order valence-corrected chi connectivity index (χ1v) is 7.58. The van der Waals surface area contributed by atoms with Gasteiger partial charge in [-0.1, -0.05) is 28.1 Å². The lowest BCUT2D eigenvalue weighted by molar-refractivity contribution is 0.178. The van der Waals surface area contributed by atoms with E-state index in [9.17, 15) is 5.11 Å². The molecule has 0 saturated heterocycles. The first kappa shape index (κ1) is 15.9. The van der Waals surface area contributed by atoms with Crippen LogP contribution in [0.4, 0.5) is 5.69 Å². The Kier molecular flexibility index (Phi) is 5.26. The number of halogens is 1. The fourth-order valence-corrected chi connectivity index (χ4v) is 2.56. The molecule has 0 spiro atoms. The average Bonchev–Trinajstić information content (AvgIpc) is 2.49. The third-order valence-corrected chi connectivity index (χ3v) is 4.23. The highest BCUT2D eigenvalue weighted by Crippen LogP contribution is 2.28. The van der Waals surface area contributed by atoms with Crippen LogP contribution in [-0.4, -0.2) is 26.3 Å². The molecule has 0 aliphatic carbocycles. The third-order valence-electron chi connectivity index (χ3n) is 3.46. The van der Waals surface area contributed by atoms with Gasteiger partial charge in [0.1, 0.15) is 5.75 Å². The summed E-state index contributed by atoms with van der Waals surface area (Å²) in [6, 6.07) is 13.7. The zero-order chi connectivity index (χ0) is 15.4. The number of hydrogen-bond donors (Lipinski definition) is 1. The molecule has 0 aliphatic heterocycles. The quantitative estimate of drug-likeness (QED) is 0.890. The Morgan fingerprint density at radius 3 is 2.38 bits per heavy atom. The summed E-state index contributed by atoms with van der Waals surface area (Å²) in [5.41, 5.74) is 3.06. The van der Waals surface area contributed by atoms with Crippen LogP contribution in [0, 0.1) is 0 Å². The van der Waals surface area contributed by atoms with Gasteiger partial charge in [0.15, 0.2) is 0 Å². The zero-order valence-corrected chi connectivity index (χ0v) is 14.1. The van der Waals surface area contributed by atoms with Gasteiger partial charge in [-0.2, -0.15) is 0 Å². The van der Waals surface area contributed by atoms with Crippen molar-refractivity contribution < 1.29 is 9.84 Å². The molecule has 2 aromatic carbocycles. The normalized spacial score (nSPS) is 12.0. The van der Waals surface area contributed by atoms with Gasteiger partial charge in [-0.25, -0.2) is 0 Å². The van der Waals surface area contributed by atoms with Crippen molar-refractivity contribution in [1.82, 2.24) is 0 Å². The molecule has 0 saturated carbocycles. The Labute approximate surface area is 134 Å². The zero-order valence-electron chi connectivity index (χ0n) is 12.5. The Hall–Kier alpha value is -1.52. The van der Waals surface area contributed by atoms with Crippen LogP contribution in [0.2, 0.25) is 0 Å². The number of nitrogens with zero attached hydrogens (tertiary/aromatic N) is 1. The number of ether oxygens (including phenoxy) is 1. The Morgan fingerprint density at radius 2 is 1.81 bits per heavy atom. The van der Waals surface area contributed by atoms with Crippen LogP contribution in [0.5, 0.6) is 5.75 Å². The van der Waals surface area contributed by atoms with Crippen LogP contribution in [0.3, 0.4) is 0 Å². The van der Waals surface area contributed by atoms with Gasteiger partial charge < -0.3 is 14.7 Å². The lowest BCUT2D eigenvalue weighted by Gasteiger charge is -2.16. The van der Waals surface area contributed by atoms with E-state index in [4.69, 9.17) is 4.74 Å². The summed E-state index contributed by atoms with van der Waals surface area (Å²) in [6.07, 6.45) is 0.00338. The number of hydrogen-bond acceptors (Lipinski definition) is 3. The van der Waals surface area contributed by atoms with Gasteiger partial charge in [-0.05, 0) is 41.5 Å². The Bertz CT molecular complexity index is 596. The van der Waals surface area contributed by atoms with Crippen LogP contribution < -0.4 is 9.64 Å². The SMILES string of the molecule is COc1ccc(Br)c(CC(O)c2ccc(N(C)C)cc2)c1. The molecular weight excluding hydrogens is 330 g/mol. The predicted molar refractivity (Wildman–Crippen MR) is 90.1 cm³/mol. The second kappa shape index (κ2) is 6.96. The van der Waals surface area contributed by atoms with Crippen molar-refractivity contribution in [2.24, 2.45) is 0 Å². The van der Waals surface area contributed by atoms with Crippen LogP contribution in [-0.2, 0) is 6.42 Å². The number of anilines is 1. The fraction of sp³-hybridized carbons (Fsp3) is 0.294. The van der Waals surface area contributed by atoms with Crippen molar-refractivity contribution >= 4 is 21.6 Å². The molecule has 0 radical (unpaired) electrons. The summed E-state index contributed by atoms with van der Waals surface area (Å²) in [7, 11) is 5.64. The fourth-order valence-electron chi connectivity index (χ4n) is 2.16. The van der Waals surface area contributed by atoms with Crippen molar-refractivity contribution in [3.63, 3.8) is 0 Å². The van der Waals surface area contributed by atoms with Crippen LogP contribution in [0.15, 0.2) is 46.9 Å². The highest BCUT2D eigenvalue weighted by atomic mass is 79.9. The van der Waals surface area contributed by atoms with Crippen LogP contribution in [0.1, 0.15) is 17.2 Å². The molecule has 1 N–H and O–H groups in total. The van der Waals surface area contributed by atoms with E-state index >= 15 is 0 Å². The van der Waals surface area contributed by atoms with Crippen molar-refractivity contribution in [3.05, 3.63) is 58.1 Å². The first-order valence-electron chi connectivity index (χ1n) is 6.79. The van der Waals surface area contributed by atoms with E-state index in [1.807, 2.05) is 61.5 Å². The van der Waals surface area contributed by atoms with E-state index in [1.54, 1.807) is 7.11 Å². The number of benzene rings is 2. The van der Waals surface area contributed by atoms with E-state index in [2.05, 4.69) is 15.9 Å². The van der Waals surface area contributed by atoms with Gasteiger partial charge in [-0.3, -0.25) is 0 Å². The molecule has 0 amide bonds. The first-order chi connectivity index (χ1) is 10.0. The molecule has 2 rings (SSSR count). The molecule has 112 valence electrons. The second-order valence-electron chi connectivity index (χ2n) is 5.16. The third kappa shape index (κ3) is 3.99. The average molecular weight is 350 g/mol. The largest absolute Gasteiger partial charge is 0.497 e. The van der Waals surface area contributed by atoms with Gasteiger partial charge >= 0.3 is 0 Å². The number of rotatable bonds is 5. The molecule has 0 heterocycles. The van der Waals surface area contributed by atoms with Gasteiger partial charge in [0.2, 0.25) is 0 Å². The summed E-state index contributed by atoms with van der Waals surface area (Å²) < 4.78 is 6.21. The molecule has 2 aromatic rings. The number of aliphatic hydroxyl groups is 1. The van der Waals surface area contributed by atoms with E-state index in [0.29, 0.717) is 6.42 Å². The van der Waals surface area contributed by atoms with Crippen molar-refractivity contribution in [2.75, 3.05) is 26.1 Å². The highest BCUT2D eigenvalue weighted by molar-refractivity contribution is 9.10. The molecule has 3 nitrogen and oxygen atoms in total. The molecule has 4 heteroatoms. The minimum absolute atomic E-state index is 0.537. The summed E-state index contributed by atoms with van der Waals surface area (Å²) in [6.45, 7) is 0. The van der Waals surface area contributed by atoms with Crippen molar-refractivity contribution in [3.8, 4) is 5.75 Å². The molecule has 1 atom stereocenters. The monoisotopic (exact) mass is 349 g/mol. The van der Waals surface area contributed by atoms with E-state index in [-0.39, 0.29) is 0 Å². The maximum Gasteiger partial charge on any atom is 0.119 e. The van der Waals surface area contributed by atoms with Crippen LogP contribution >= 0.6 is 15.9 Å². The maximum atomic E-state index is 10.4. The minimum atomic E-state index is -0.537. The van der Waals surface area contributed by atoms with Crippen LogP contribution in [0.25, 0.3) is 0 Å². The van der Waals surface area contributed by atoms with Gasteiger partial charge in [0.05, 0.1) is 13.2 Å². The van der Waals surface area contributed by atoms with Gasteiger partial charge in [-0.15, -0.1) is 0 Å².